The van der Waals surface area contributed by atoms with E-state index in [2.05, 4.69) is 0 Å². The van der Waals surface area contributed by atoms with Crippen molar-refractivity contribution in [2.75, 3.05) is 0 Å². The van der Waals surface area contributed by atoms with Crippen LogP contribution in [0.2, 0.25) is 0 Å². The number of alkyl halides is 3. The predicted molar refractivity (Wildman–Crippen MR) is 41.4 cm³/mol. The summed E-state index contributed by atoms with van der Waals surface area (Å²) in [6, 6.07) is 2.29. The van der Waals surface area contributed by atoms with Gasteiger partial charge in [0, 0.05) is 6.07 Å². The summed E-state index contributed by atoms with van der Waals surface area (Å²) in [5, 5.41) is 0. The Labute approximate surface area is 72.4 Å². The molecule has 1 rings (SSSR count). The number of nitrogens with one attached hydrogen (secondary N) is 1. The van der Waals surface area contributed by atoms with Crippen LogP contribution in [0.1, 0.15) is 18.2 Å². The molecule has 0 saturated heterocycles. The third kappa shape index (κ3) is 2.11. The van der Waals surface area contributed by atoms with E-state index in [1.54, 1.807) is 11.9 Å². The molecule has 2 nitrogen and oxygen atoms in total. The van der Waals surface area contributed by atoms with Gasteiger partial charge in [-0.25, -0.2) is 0 Å². The largest absolute Gasteiger partial charge is 0.431 e. The summed E-state index contributed by atoms with van der Waals surface area (Å²) >= 11 is 0. The van der Waals surface area contributed by atoms with Crippen molar-refractivity contribution in [3.63, 3.8) is 0 Å². The SMILES string of the molecule is CCc1ccc(=O)[nH]c1C(F)(F)F. The second kappa shape index (κ2) is 3.24. The highest BCUT2D eigenvalue weighted by Crippen LogP contribution is 2.29. The third-order valence-corrected chi connectivity index (χ3v) is 1.67. The minimum atomic E-state index is -4.48. The van der Waals surface area contributed by atoms with Crippen LogP contribution in [0.3, 0.4) is 0 Å². The lowest BCUT2D eigenvalue weighted by Gasteiger charge is -2.09. The molecule has 0 spiro atoms. The fraction of sp³-hybridized carbons (Fsp3) is 0.375. The highest BCUT2D eigenvalue weighted by atomic mass is 19.4. The molecule has 1 aromatic heterocycles. The first-order valence-corrected chi connectivity index (χ1v) is 3.74. The van der Waals surface area contributed by atoms with Crippen molar-refractivity contribution < 1.29 is 13.2 Å². The Bertz CT molecular complexity index is 353. The molecule has 0 atom stereocenters. The van der Waals surface area contributed by atoms with E-state index in [0.29, 0.717) is 0 Å². The molecular weight excluding hydrogens is 183 g/mol. The smallest absolute Gasteiger partial charge is 0.318 e. The van der Waals surface area contributed by atoms with Crippen LogP contribution < -0.4 is 5.56 Å². The number of rotatable bonds is 1. The molecule has 0 amide bonds. The maximum atomic E-state index is 12.2. The van der Waals surface area contributed by atoms with Crippen molar-refractivity contribution in [3.05, 3.63) is 33.7 Å². The van der Waals surface area contributed by atoms with Gasteiger partial charge in [0.2, 0.25) is 5.56 Å². The summed E-state index contributed by atoms with van der Waals surface area (Å²) in [4.78, 5) is 12.4. The van der Waals surface area contributed by atoms with E-state index in [1.807, 2.05) is 0 Å². The normalized spacial score (nSPS) is 11.7. The van der Waals surface area contributed by atoms with Gasteiger partial charge in [-0.15, -0.1) is 0 Å². The van der Waals surface area contributed by atoms with E-state index < -0.39 is 17.4 Å². The molecule has 13 heavy (non-hydrogen) atoms. The first kappa shape index (κ1) is 9.83. The fourth-order valence-electron chi connectivity index (χ4n) is 1.05. The zero-order valence-corrected chi connectivity index (χ0v) is 6.90. The molecule has 0 aliphatic heterocycles. The maximum absolute atomic E-state index is 12.2. The Balaban J connectivity index is 3.32. The number of aromatic amines is 1. The molecule has 0 radical (unpaired) electrons. The summed E-state index contributed by atoms with van der Waals surface area (Å²) in [6.07, 6.45) is -4.24. The highest BCUT2D eigenvalue weighted by Gasteiger charge is 2.33. The summed E-state index contributed by atoms with van der Waals surface area (Å²) in [5.74, 6) is 0. The number of aromatic nitrogens is 1. The Morgan fingerprint density at radius 2 is 2.00 bits per heavy atom. The number of hydrogen-bond acceptors (Lipinski definition) is 1. The minimum absolute atomic E-state index is 0.104. The number of hydrogen-bond donors (Lipinski definition) is 1. The van der Waals surface area contributed by atoms with Gasteiger partial charge in [-0.2, -0.15) is 13.2 Å². The highest BCUT2D eigenvalue weighted by molar-refractivity contribution is 5.22. The zero-order valence-electron chi connectivity index (χ0n) is 6.90. The molecule has 0 aliphatic rings. The number of pyridine rings is 1. The van der Waals surface area contributed by atoms with Gasteiger partial charge in [0.05, 0.1) is 0 Å². The van der Waals surface area contributed by atoms with E-state index in [4.69, 9.17) is 0 Å². The van der Waals surface area contributed by atoms with Gasteiger partial charge in [0.1, 0.15) is 5.69 Å². The number of aryl methyl sites for hydroxylation is 1. The van der Waals surface area contributed by atoms with Crippen LogP contribution in [0.5, 0.6) is 0 Å². The van der Waals surface area contributed by atoms with Crippen LogP contribution in [0.15, 0.2) is 16.9 Å². The van der Waals surface area contributed by atoms with Crippen molar-refractivity contribution in [1.29, 1.82) is 0 Å². The van der Waals surface area contributed by atoms with Crippen molar-refractivity contribution in [1.82, 2.24) is 4.98 Å². The summed E-state index contributed by atoms with van der Waals surface area (Å²) in [7, 11) is 0. The van der Waals surface area contributed by atoms with Gasteiger partial charge >= 0.3 is 6.18 Å². The molecule has 0 bridgehead atoms. The molecule has 5 heteroatoms. The monoisotopic (exact) mass is 191 g/mol. The molecule has 1 heterocycles. The van der Waals surface area contributed by atoms with Gasteiger partial charge < -0.3 is 4.98 Å². The second-order valence-electron chi connectivity index (χ2n) is 2.57. The average molecular weight is 191 g/mol. The molecule has 0 aliphatic carbocycles. The van der Waals surface area contributed by atoms with E-state index in [0.717, 1.165) is 6.07 Å². The van der Waals surface area contributed by atoms with Crippen LogP contribution in [0.25, 0.3) is 0 Å². The molecule has 1 N–H and O–H groups in total. The topological polar surface area (TPSA) is 32.9 Å². The van der Waals surface area contributed by atoms with Gasteiger partial charge in [-0.05, 0) is 12.0 Å². The lowest BCUT2D eigenvalue weighted by atomic mass is 10.1. The molecule has 0 saturated carbocycles. The molecule has 0 fully saturated rings. The first-order chi connectivity index (χ1) is 5.95. The van der Waals surface area contributed by atoms with Crippen LogP contribution in [-0.2, 0) is 12.6 Å². The number of H-pyrrole nitrogens is 1. The van der Waals surface area contributed by atoms with Crippen LogP contribution in [0, 0.1) is 0 Å². The maximum Gasteiger partial charge on any atom is 0.431 e. The summed E-state index contributed by atoms with van der Waals surface area (Å²) in [5.41, 5.74) is -1.57. The molecule has 0 unspecified atom stereocenters. The van der Waals surface area contributed by atoms with Gasteiger partial charge in [-0.3, -0.25) is 4.79 Å². The fourth-order valence-corrected chi connectivity index (χ4v) is 1.05. The van der Waals surface area contributed by atoms with E-state index >= 15 is 0 Å². The van der Waals surface area contributed by atoms with Crippen LogP contribution in [-0.4, -0.2) is 4.98 Å². The minimum Gasteiger partial charge on any atom is -0.318 e. The van der Waals surface area contributed by atoms with Crippen LogP contribution in [0.4, 0.5) is 13.2 Å². The van der Waals surface area contributed by atoms with Crippen molar-refractivity contribution in [2.24, 2.45) is 0 Å². The Morgan fingerprint density at radius 3 is 2.46 bits per heavy atom. The van der Waals surface area contributed by atoms with Crippen molar-refractivity contribution >= 4 is 0 Å². The van der Waals surface area contributed by atoms with Crippen molar-refractivity contribution in [3.8, 4) is 0 Å². The Morgan fingerprint density at radius 1 is 1.38 bits per heavy atom. The van der Waals surface area contributed by atoms with Crippen LogP contribution >= 0.6 is 0 Å². The Hall–Kier alpha value is -1.26. The van der Waals surface area contributed by atoms with E-state index in [-0.39, 0.29) is 12.0 Å². The molecule has 1 aromatic rings. The Kier molecular flexibility index (Phi) is 2.45. The zero-order chi connectivity index (χ0) is 10.1. The standard InChI is InChI=1S/C8H8F3NO/c1-2-5-3-4-6(13)12-7(5)8(9,10)11/h3-4H,2H2,1H3,(H,12,13). The lowest BCUT2D eigenvalue weighted by Crippen LogP contribution is -2.18. The molecular formula is C8H8F3NO. The average Bonchev–Trinajstić information content (AvgIpc) is 2.03. The van der Waals surface area contributed by atoms with Gasteiger partial charge in [0.25, 0.3) is 0 Å². The molecule has 72 valence electrons. The predicted octanol–water partition coefficient (Wildman–Crippen LogP) is 1.96. The summed E-state index contributed by atoms with van der Waals surface area (Å²) < 4.78 is 36.7. The van der Waals surface area contributed by atoms with E-state index in [1.165, 1.54) is 6.07 Å². The van der Waals surface area contributed by atoms with E-state index in [9.17, 15) is 18.0 Å². The lowest BCUT2D eigenvalue weighted by molar-refractivity contribution is -0.141. The first-order valence-electron chi connectivity index (χ1n) is 3.74. The molecule has 0 aromatic carbocycles. The van der Waals surface area contributed by atoms with Gasteiger partial charge in [-0.1, -0.05) is 13.0 Å². The third-order valence-electron chi connectivity index (χ3n) is 1.67. The quantitative estimate of drug-likeness (QED) is 0.723. The van der Waals surface area contributed by atoms with Crippen molar-refractivity contribution in [2.45, 2.75) is 19.5 Å². The second-order valence-corrected chi connectivity index (χ2v) is 2.57. The summed E-state index contributed by atoms with van der Waals surface area (Å²) in [6.45, 7) is 1.60. The number of halogens is 3. The van der Waals surface area contributed by atoms with Gasteiger partial charge in [0.15, 0.2) is 0 Å².